The largest absolute Gasteiger partial charge is 0.507 e. The normalized spacial score (nSPS) is 10.1. The van der Waals surface area contributed by atoms with Gasteiger partial charge in [0, 0.05) is 5.69 Å². The van der Waals surface area contributed by atoms with Gasteiger partial charge in [-0.15, -0.1) is 0 Å². The molecule has 0 bridgehead atoms. The summed E-state index contributed by atoms with van der Waals surface area (Å²) in [5.41, 5.74) is 1.54. The number of halogens is 1. The van der Waals surface area contributed by atoms with Crippen LogP contribution in [-0.4, -0.2) is 11.0 Å². The van der Waals surface area contributed by atoms with Gasteiger partial charge in [0.15, 0.2) is 0 Å². The van der Waals surface area contributed by atoms with E-state index in [0.717, 1.165) is 5.56 Å². The van der Waals surface area contributed by atoms with E-state index in [9.17, 15) is 14.3 Å². The van der Waals surface area contributed by atoms with Crippen LogP contribution in [0.1, 0.15) is 15.9 Å². The number of phenolic OH excluding ortho intramolecular Hbond substituents is 1. The smallest absolute Gasteiger partial charge is 0.259 e. The predicted molar refractivity (Wildman–Crippen MR) is 67.2 cm³/mol. The lowest BCUT2D eigenvalue weighted by Gasteiger charge is -2.07. The third-order valence-corrected chi connectivity index (χ3v) is 2.50. The van der Waals surface area contributed by atoms with E-state index in [1.54, 1.807) is 12.1 Å². The molecule has 0 atom stereocenters. The maximum atomic E-state index is 12.7. The molecule has 2 aromatic rings. The van der Waals surface area contributed by atoms with Gasteiger partial charge in [0.2, 0.25) is 0 Å². The molecule has 0 saturated heterocycles. The molecule has 1 amide bonds. The summed E-state index contributed by atoms with van der Waals surface area (Å²) < 4.78 is 12.7. The molecule has 0 fully saturated rings. The van der Waals surface area contributed by atoms with Crippen LogP contribution in [0, 0.1) is 12.7 Å². The number of phenols is 1. The Balaban J connectivity index is 2.21. The van der Waals surface area contributed by atoms with Crippen LogP contribution < -0.4 is 5.32 Å². The molecule has 0 saturated carbocycles. The highest BCUT2D eigenvalue weighted by molar-refractivity contribution is 6.06. The number of carbonyl (C=O) groups is 1. The van der Waals surface area contributed by atoms with Gasteiger partial charge in [-0.2, -0.15) is 0 Å². The van der Waals surface area contributed by atoms with Crippen LogP contribution in [-0.2, 0) is 0 Å². The topological polar surface area (TPSA) is 49.3 Å². The van der Waals surface area contributed by atoms with Crippen LogP contribution in [0.2, 0.25) is 0 Å². The lowest BCUT2D eigenvalue weighted by molar-refractivity contribution is 0.102. The molecule has 0 heterocycles. The zero-order valence-corrected chi connectivity index (χ0v) is 9.77. The fraction of sp³-hybridized carbons (Fsp3) is 0.0714. The number of rotatable bonds is 2. The molecule has 2 rings (SSSR count). The molecule has 3 nitrogen and oxygen atoms in total. The first-order valence-electron chi connectivity index (χ1n) is 5.43. The van der Waals surface area contributed by atoms with Crippen molar-refractivity contribution in [3.05, 3.63) is 59.4 Å². The molecule has 92 valence electrons. The van der Waals surface area contributed by atoms with Crippen molar-refractivity contribution in [2.24, 2.45) is 0 Å². The lowest BCUT2D eigenvalue weighted by atomic mass is 10.1. The molecule has 0 aliphatic carbocycles. The third-order valence-electron chi connectivity index (χ3n) is 2.50. The molecule has 0 radical (unpaired) electrons. The Hall–Kier alpha value is -2.36. The minimum atomic E-state index is -0.428. The van der Waals surface area contributed by atoms with E-state index >= 15 is 0 Å². The van der Waals surface area contributed by atoms with E-state index < -0.39 is 5.91 Å². The highest BCUT2D eigenvalue weighted by atomic mass is 19.1. The predicted octanol–water partition coefficient (Wildman–Crippen LogP) is 3.09. The van der Waals surface area contributed by atoms with E-state index in [0.29, 0.717) is 5.69 Å². The minimum Gasteiger partial charge on any atom is -0.507 e. The molecular formula is C14H12FNO2. The summed E-state index contributed by atoms with van der Waals surface area (Å²) in [7, 11) is 0. The van der Waals surface area contributed by atoms with Gasteiger partial charge < -0.3 is 10.4 Å². The zero-order chi connectivity index (χ0) is 13.1. The van der Waals surface area contributed by atoms with E-state index in [2.05, 4.69) is 5.32 Å². The molecule has 2 aromatic carbocycles. The van der Waals surface area contributed by atoms with Crippen LogP contribution in [0.4, 0.5) is 10.1 Å². The van der Waals surface area contributed by atoms with Crippen LogP contribution in [0.3, 0.4) is 0 Å². The first kappa shape index (κ1) is 12.1. The number of carbonyl (C=O) groups excluding carboxylic acids is 1. The molecule has 4 heteroatoms. The van der Waals surface area contributed by atoms with E-state index in [4.69, 9.17) is 0 Å². The summed E-state index contributed by atoms with van der Waals surface area (Å²) in [5, 5.41) is 12.2. The molecule has 18 heavy (non-hydrogen) atoms. The van der Waals surface area contributed by atoms with Crippen LogP contribution in [0.15, 0.2) is 42.5 Å². The van der Waals surface area contributed by atoms with Gasteiger partial charge in [-0.3, -0.25) is 4.79 Å². The second kappa shape index (κ2) is 4.87. The highest BCUT2D eigenvalue weighted by Gasteiger charge is 2.11. The fourth-order valence-electron chi connectivity index (χ4n) is 1.56. The van der Waals surface area contributed by atoms with Crippen LogP contribution in [0.25, 0.3) is 0 Å². The number of nitrogens with one attached hydrogen (secondary N) is 1. The second-order valence-electron chi connectivity index (χ2n) is 3.98. The van der Waals surface area contributed by atoms with Crippen molar-refractivity contribution in [1.82, 2.24) is 0 Å². The van der Waals surface area contributed by atoms with Gasteiger partial charge in [0.1, 0.15) is 11.6 Å². The molecule has 0 aliphatic rings. The first-order chi connectivity index (χ1) is 8.56. The summed E-state index contributed by atoms with van der Waals surface area (Å²) in [6.45, 7) is 1.83. The number of aryl methyl sites for hydroxylation is 1. The molecule has 0 aromatic heterocycles. The molecule has 0 unspecified atom stereocenters. The molecule has 2 N–H and O–H groups in total. The zero-order valence-electron chi connectivity index (χ0n) is 9.77. The average Bonchev–Trinajstić information content (AvgIpc) is 2.35. The molecule has 0 spiro atoms. The maximum absolute atomic E-state index is 12.7. The number of aromatic hydroxyl groups is 1. The first-order valence-corrected chi connectivity index (χ1v) is 5.43. The fourth-order valence-corrected chi connectivity index (χ4v) is 1.56. The maximum Gasteiger partial charge on any atom is 0.259 e. The van der Waals surface area contributed by atoms with Gasteiger partial charge in [-0.25, -0.2) is 4.39 Å². The number of hydrogen-bond acceptors (Lipinski definition) is 2. The van der Waals surface area contributed by atoms with Crippen molar-refractivity contribution in [3.63, 3.8) is 0 Å². The second-order valence-corrected chi connectivity index (χ2v) is 3.98. The Morgan fingerprint density at radius 1 is 1.17 bits per heavy atom. The van der Waals surface area contributed by atoms with E-state index in [1.807, 2.05) is 6.92 Å². The average molecular weight is 245 g/mol. The number of amides is 1. The van der Waals surface area contributed by atoms with Crippen molar-refractivity contribution in [3.8, 4) is 5.75 Å². The van der Waals surface area contributed by atoms with Crippen molar-refractivity contribution < 1.29 is 14.3 Å². The summed E-state index contributed by atoms with van der Waals surface area (Å²) in [6.07, 6.45) is 0. The van der Waals surface area contributed by atoms with Crippen molar-refractivity contribution >= 4 is 11.6 Å². The van der Waals surface area contributed by atoms with Crippen molar-refractivity contribution in [2.75, 3.05) is 5.32 Å². The molecule has 0 aliphatic heterocycles. The summed E-state index contributed by atoms with van der Waals surface area (Å²) in [6, 6.07) is 10.2. The van der Waals surface area contributed by atoms with Crippen molar-refractivity contribution in [1.29, 1.82) is 0 Å². The highest BCUT2D eigenvalue weighted by Crippen LogP contribution is 2.20. The lowest BCUT2D eigenvalue weighted by Crippen LogP contribution is -2.12. The van der Waals surface area contributed by atoms with Crippen LogP contribution >= 0.6 is 0 Å². The van der Waals surface area contributed by atoms with Gasteiger partial charge in [0.25, 0.3) is 5.91 Å². The van der Waals surface area contributed by atoms with Crippen LogP contribution in [0.5, 0.6) is 5.75 Å². The Kier molecular flexibility index (Phi) is 3.28. The van der Waals surface area contributed by atoms with Gasteiger partial charge >= 0.3 is 0 Å². The minimum absolute atomic E-state index is 0.0831. The van der Waals surface area contributed by atoms with Gasteiger partial charge in [-0.1, -0.05) is 11.6 Å². The Bertz CT molecular complexity index is 579. The summed E-state index contributed by atoms with van der Waals surface area (Å²) in [4.78, 5) is 11.9. The van der Waals surface area contributed by atoms with E-state index in [1.165, 1.54) is 30.3 Å². The van der Waals surface area contributed by atoms with Crippen molar-refractivity contribution in [2.45, 2.75) is 6.92 Å². The molecular weight excluding hydrogens is 233 g/mol. The summed E-state index contributed by atoms with van der Waals surface area (Å²) >= 11 is 0. The number of anilines is 1. The quantitative estimate of drug-likeness (QED) is 0.854. The third kappa shape index (κ3) is 2.66. The standard InChI is InChI=1S/C14H12FNO2/c1-9-2-7-13(17)12(8-9)14(18)16-11-5-3-10(15)4-6-11/h2-8,17H,1H3,(H,16,18). The Morgan fingerprint density at radius 2 is 1.83 bits per heavy atom. The SMILES string of the molecule is Cc1ccc(O)c(C(=O)Nc2ccc(F)cc2)c1. The van der Waals surface area contributed by atoms with Gasteiger partial charge in [0.05, 0.1) is 5.56 Å². The Morgan fingerprint density at radius 3 is 2.50 bits per heavy atom. The van der Waals surface area contributed by atoms with E-state index in [-0.39, 0.29) is 17.1 Å². The Labute approximate surface area is 104 Å². The number of benzene rings is 2. The van der Waals surface area contributed by atoms with Gasteiger partial charge in [-0.05, 0) is 43.3 Å². The summed E-state index contributed by atoms with van der Waals surface area (Å²) in [5.74, 6) is -0.880. The monoisotopic (exact) mass is 245 g/mol. The number of hydrogen-bond donors (Lipinski definition) is 2.